The van der Waals surface area contributed by atoms with Gasteiger partial charge in [-0.1, -0.05) is 6.08 Å². The first kappa shape index (κ1) is 12.3. The first-order chi connectivity index (χ1) is 7.50. The Balaban J connectivity index is 2.82. The number of allylic oxidation sites excluding steroid dienone is 2. The van der Waals surface area contributed by atoms with Gasteiger partial charge in [-0.3, -0.25) is 0 Å². The number of carboxylic acids is 1. The van der Waals surface area contributed by atoms with E-state index in [1.54, 1.807) is 0 Å². The number of carbonyl (C=O) groups is 1. The maximum atomic E-state index is 13.2. The standard InChI is InChI=1S/C11H11F2NO2/c1-7(12)3-2-4-9-8(13)5-6-10(14-9)11(15)16/h3,5-6H,2,4H2,1H3,(H,15,16)/b7-3+. The van der Waals surface area contributed by atoms with Crippen molar-refractivity contribution < 1.29 is 18.7 Å². The number of halogens is 2. The van der Waals surface area contributed by atoms with Crippen LogP contribution in [0.5, 0.6) is 0 Å². The number of hydrogen-bond donors (Lipinski definition) is 1. The van der Waals surface area contributed by atoms with Crippen molar-refractivity contribution in [2.45, 2.75) is 19.8 Å². The minimum absolute atomic E-state index is 0.0393. The molecule has 0 saturated heterocycles. The molecule has 16 heavy (non-hydrogen) atoms. The van der Waals surface area contributed by atoms with Gasteiger partial charge in [-0.25, -0.2) is 18.6 Å². The normalized spacial score (nSPS) is 11.6. The molecule has 0 amide bonds. The Morgan fingerprint density at radius 2 is 2.25 bits per heavy atom. The summed E-state index contributed by atoms with van der Waals surface area (Å²) in [5, 5.41) is 8.66. The van der Waals surface area contributed by atoms with Gasteiger partial charge in [-0.2, -0.15) is 0 Å². The smallest absolute Gasteiger partial charge is 0.354 e. The van der Waals surface area contributed by atoms with Gasteiger partial charge in [0.1, 0.15) is 11.5 Å². The number of hydrogen-bond acceptors (Lipinski definition) is 2. The number of aromatic nitrogens is 1. The molecule has 1 aromatic heterocycles. The molecule has 0 atom stereocenters. The van der Waals surface area contributed by atoms with Gasteiger partial charge >= 0.3 is 5.97 Å². The van der Waals surface area contributed by atoms with Crippen LogP contribution in [-0.4, -0.2) is 16.1 Å². The monoisotopic (exact) mass is 227 g/mol. The van der Waals surface area contributed by atoms with E-state index in [9.17, 15) is 13.6 Å². The van der Waals surface area contributed by atoms with Crippen LogP contribution in [0.1, 0.15) is 29.5 Å². The van der Waals surface area contributed by atoms with Crippen LogP contribution >= 0.6 is 0 Å². The number of aromatic carboxylic acids is 1. The van der Waals surface area contributed by atoms with Crippen molar-refractivity contribution in [2.75, 3.05) is 0 Å². The van der Waals surface area contributed by atoms with Crippen LogP contribution in [-0.2, 0) is 6.42 Å². The predicted molar refractivity (Wildman–Crippen MR) is 54.3 cm³/mol. The Morgan fingerprint density at radius 3 is 2.81 bits per heavy atom. The van der Waals surface area contributed by atoms with Crippen molar-refractivity contribution >= 4 is 5.97 Å². The summed E-state index contributed by atoms with van der Waals surface area (Å²) >= 11 is 0. The number of rotatable bonds is 4. The van der Waals surface area contributed by atoms with E-state index in [1.165, 1.54) is 13.0 Å². The Morgan fingerprint density at radius 1 is 1.56 bits per heavy atom. The Bertz CT molecular complexity index is 426. The fraction of sp³-hybridized carbons (Fsp3) is 0.273. The van der Waals surface area contributed by atoms with Gasteiger partial charge in [0.15, 0.2) is 0 Å². The average Bonchev–Trinajstić information content (AvgIpc) is 2.20. The van der Waals surface area contributed by atoms with Crippen molar-refractivity contribution in [1.82, 2.24) is 4.98 Å². The Hall–Kier alpha value is -1.78. The third-order valence-electron chi connectivity index (χ3n) is 1.94. The zero-order valence-electron chi connectivity index (χ0n) is 8.70. The van der Waals surface area contributed by atoms with Crippen LogP contribution in [0.25, 0.3) is 0 Å². The predicted octanol–water partition coefficient (Wildman–Crippen LogP) is 2.72. The van der Waals surface area contributed by atoms with Crippen LogP contribution in [0.4, 0.5) is 8.78 Å². The minimum atomic E-state index is -1.21. The molecule has 1 heterocycles. The molecule has 0 radical (unpaired) electrons. The Labute approximate surface area is 91.4 Å². The van der Waals surface area contributed by atoms with Crippen LogP contribution in [0.15, 0.2) is 24.0 Å². The van der Waals surface area contributed by atoms with Crippen molar-refractivity contribution in [3.63, 3.8) is 0 Å². The van der Waals surface area contributed by atoms with Gasteiger partial charge in [0.05, 0.1) is 11.5 Å². The molecule has 1 N–H and O–H groups in total. The number of carboxylic acid groups (broad SMARTS) is 1. The fourth-order valence-electron chi connectivity index (χ4n) is 1.19. The lowest BCUT2D eigenvalue weighted by Gasteiger charge is -2.01. The highest BCUT2D eigenvalue weighted by Crippen LogP contribution is 2.10. The molecule has 0 aliphatic heterocycles. The van der Waals surface area contributed by atoms with Crippen molar-refractivity contribution in [1.29, 1.82) is 0 Å². The molecule has 0 aromatic carbocycles. The maximum Gasteiger partial charge on any atom is 0.354 e. The molecular formula is C11H11F2NO2. The first-order valence-corrected chi connectivity index (χ1v) is 4.71. The van der Waals surface area contributed by atoms with E-state index in [1.807, 2.05) is 0 Å². The quantitative estimate of drug-likeness (QED) is 0.860. The summed E-state index contributed by atoms with van der Waals surface area (Å²) < 4.78 is 25.6. The summed E-state index contributed by atoms with van der Waals surface area (Å²) in [6.45, 7) is 1.29. The lowest BCUT2D eigenvalue weighted by Crippen LogP contribution is -2.04. The highest BCUT2D eigenvalue weighted by atomic mass is 19.1. The summed E-state index contributed by atoms with van der Waals surface area (Å²) in [6, 6.07) is 2.15. The van der Waals surface area contributed by atoms with E-state index in [0.717, 1.165) is 12.1 Å². The lowest BCUT2D eigenvalue weighted by molar-refractivity contribution is 0.0690. The first-order valence-electron chi connectivity index (χ1n) is 4.71. The number of pyridine rings is 1. The largest absolute Gasteiger partial charge is 0.477 e. The van der Waals surface area contributed by atoms with E-state index in [-0.39, 0.29) is 30.1 Å². The third-order valence-corrected chi connectivity index (χ3v) is 1.94. The summed E-state index contributed by atoms with van der Waals surface area (Å²) in [4.78, 5) is 14.2. The molecule has 0 unspecified atom stereocenters. The van der Waals surface area contributed by atoms with E-state index < -0.39 is 11.8 Å². The molecule has 5 heteroatoms. The van der Waals surface area contributed by atoms with Gasteiger partial charge in [0.2, 0.25) is 0 Å². The van der Waals surface area contributed by atoms with Crippen LogP contribution in [0.3, 0.4) is 0 Å². The highest BCUT2D eigenvalue weighted by Gasteiger charge is 2.09. The molecule has 1 rings (SSSR count). The van der Waals surface area contributed by atoms with Gasteiger partial charge in [0.25, 0.3) is 0 Å². The summed E-state index contributed by atoms with van der Waals surface area (Å²) in [5.74, 6) is -2.14. The van der Waals surface area contributed by atoms with Gasteiger partial charge in [-0.05, 0) is 31.9 Å². The molecular weight excluding hydrogens is 216 g/mol. The zero-order valence-corrected chi connectivity index (χ0v) is 8.70. The zero-order chi connectivity index (χ0) is 12.1. The number of nitrogens with zero attached hydrogens (tertiary/aromatic N) is 1. The molecule has 86 valence electrons. The van der Waals surface area contributed by atoms with Crippen LogP contribution in [0.2, 0.25) is 0 Å². The fourth-order valence-corrected chi connectivity index (χ4v) is 1.19. The minimum Gasteiger partial charge on any atom is -0.477 e. The summed E-state index contributed by atoms with van der Waals surface area (Å²) in [6.07, 6.45) is 1.76. The average molecular weight is 227 g/mol. The van der Waals surface area contributed by atoms with E-state index in [0.29, 0.717) is 0 Å². The van der Waals surface area contributed by atoms with Crippen LogP contribution < -0.4 is 0 Å². The molecule has 0 spiro atoms. The van der Waals surface area contributed by atoms with E-state index in [4.69, 9.17) is 5.11 Å². The number of aryl methyl sites for hydroxylation is 1. The second-order valence-corrected chi connectivity index (χ2v) is 3.26. The van der Waals surface area contributed by atoms with E-state index in [2.05, 4.69) is 4.98 Å². The maximum absolute atomic E-state index is 13.2. The third kappa shape index (κ3) is 3.42. The van der Waals surface area contributed by atoms with E-state index >= 15 is 0 Å². The van der Waals surface area contributed by atoms with Crippen molar-refractivity contribution in [2.24, 2.45) is 0 Å². The molecule has 1 aromatic rings. The topological polar surface area (TPSA) is 50.2 Å². The highest BCUT2D eigenvalue weighted by molar-refractivity contribution is 5.85. The summed E-state index contributed by atoms with van der Waals surface area (Å²) in [5.41, 5.74) is -0.172. The molecule has 0 aliphatic carbocycles. The SMILES string of the molecule is C/C(F)=C\CCc1nc(C(=O)O)ccc1F. The summed E-state index contributed by atoms with van der Waals surface area (Å²) in [7, 11) is 0. The second kappa shape index (κ2) is 5.34. The Kier molecular flexibility index (Phi) is 4.10. The molecule has 0 fully saturated rings. The second-order valence-electron chi connectivity index (χ2n) is 3.26. The van der Waals surface area contributed by atoms with Gasteiger partial charge in [0, 0.05) is 0 Å². The van der Waals surface area contributed by atoms with Gasteiger partial charge < -0.3 is 5.11 Å². The molecule has 0 aliphatic rings. The molecule has 0 saturated carbocycles. The van der Waals surface area contributed by atoms with Crippen LogP contribution in [0, 0.1) is 5.82 Å². The molecule has 3 nitrogen and oxygen atoms in total. The van der Waals surface area contributed by atoms with Crippen molar-refractivity contribution in [3.8, 4) is 0 Å². The molecule has 0 bridgehead atoms. The van der Waals surface area contributed by atoms with Crippen molar-refractivity contribution in [3.05, 3.63) is 41.2 Å². The van der Waals surface area contributed by atoms with Gasteiger partial charge in [-0.15, -0.1) is 0 Å². The lowest BCUT2D eigenvalue weighted by atomic mass is 10.2.